The number of pyridine rings is 1. The molecule has 3 aliphatic carbocycles. The monoisotopic (exact) mass is 862 g/mol. The maximum Gasteiger partial charge on any atom is 0.407 e. The maximum absolute atomic E-state index is 15.1. The molecule has 4 heterocycles. The number of carbonyl (C=O) groups excluding carboxylic acids is 4. The van der Waals surface area contributed by atoms with Gasteiger partial charge in [0.15, 0.2) is 0 Å². The Morgan fingerprint density at radius 1 is 1.02 bits per heavy atom. The number of nitrogens with one attached hydrogen (secondary N) is 3. The van der Waals surface area contributed by atoms with Crippen LogP contribution in [0.15, 0.2) is 30.9 Å². The fourth-order valence-corrected chi connectivity index (χ4v) is 11.2. The summed E-state index contributed by atoms with van der Waals surface area (Å²) in [5, 5.41) is 5.99. The van der Waals surface area contributed by atoms with E-state index >= 15 is 4.79 Å². The molecule has 3 N–H and O–H groups in total. The fraction of sp³-hybridized carbons (Fsp3) is 0.667. The van der Waals surface area contributed by atoms with Crippen LogP contribution in [-0.2, 0) is 35.6 Å². The molecule has 6 aliphatic rings. The van der Waals surface area contributed by atoms with Gasteiger partial charge in [0.05, 0.1) is 31.0 Å². The van der Waals surface area contributed by atoms with E-state index < -0.39 is 68.7 Å². The second kappa shape index (κ2) is 17.3. The van der Waals surface area contributed by atoms with Gasteiger partial charge in [0.2, 0.25) is 21.8 Å². The van der Waals surface area contributed by atoms with E-state index in [1.54, 1.807) is 7.11 Å². The van der Waals surface area contributed by atoms with E-state index in [4.69, 9.17) is 19.2 Å². The summed E-state index contributed by atoms with van der Waals surface area (Å²) in [6.07, 6.45) is 11.1. The van der Waals surface area contributed by atoms with Gasteiger partial charge in [-0.15, -0.1) is 6.58 Å². The molecule has 5 fully saturated rings. The second-order valence-corrected chi connectivity index (χ2v) is 20.9. The SMILES string of the molecule is C=C[C@H]1C[C@@]1(NC(=O)[C@@H]1C[C@@H]2CN1C(=O)[C@H](C1CCCCC1)NC(=O)OCC(C)(C)CCCc1cc3c(cc(N4CCCCC4)nc3cc1OC)O2)C(=O)NS(=O)(=O)C1CC1. The van der Waals surface area contributed by atoms with Gasteiger partial charge in [0.1, 0.15) is 41.0 Å². The molecule has 2 aromatic rings. The number of anilines is 1. The van der Waals surface area contributed by atoms with Crippen molar-refractivity contribution in [3.63, 3.8) is 0 Å². The Labute approximate surface area is 359 Å². The number of fused-ring (bicyclic) bond motifs is 3. The molecule has 0 spiro atoms. The van der Waals surface area contributed by atoms with Crippen LogP contribution in [-0.4, -0.2) is 104 Å². The number of hydrogen-bond acceptors (Lipinski definition) is 11. The Morgan fingerprint density at radius 2 is 1.75 bits per heavy atom. The number of methoxy groups -OCH3 is 1. The normalized spacial score (nSPS) is 28.8. The van der Waals surface area contributed by atoms with Crippen molar-refractivity contribution in [3.05, 3.63) is 36.4 Å². The first kappa shape index (κ1) is 43.1. The third-order valence-electron chi connectivity index (χ3n) is 13.8. The topological polar surface area (TPSA) is 186 Å². The minimum Gasteiger partial charge on any atom is -0.496 e. The van der Waals surface area contributed by atoms with Gasteiger partial charge in [0, 0.05) is 42.9 Å². The molecule has 8 rings (SSSR count). The predicted molar refractivity (Wildman–Crippen MR) is 230 cm³/mol. The number of ether oxygens (including phenoxy) is 3. The first-order chi connectivity index (χ1) is 29.2. The summed E-state index contributed by atoms with van der Waals surface area (Å²) in [7, 11) is -2.25. The quantitative estimate of drug-likeness (QED) is 0.279. The highest BCUT2D eigenvalue weighted by Crippen LogP contribution is 2.46. The molecule has 3 saturated carbocycles. The van der Waals surface area contributed by atoms with Crippen LogP contribution in [0.25, 0.3) is 10.9 Å². The van der Waals surface area contributed by atoms with E-state index in [2.05, 4.69) is 46.7 Å². The third-order valence-corrected chi connectivity index (χ3v) is 15.6. The molecule has 4 bridgehead atoms. The van der Waals surface area contributed by atoms with Crippen molar-refractivity contribution in [2.24, 2.45) is 17.3 Å². The standard InChI is InChI=1S/C45H62N6O9S/c1-5-30-25-45(30,42(54)49-61(56,57)32-16-17-32)48-40(52)35-22-31-26-51(35)41(53)39(28-13-8-6-9-14-28)47-43(55)59-27-44(2,3)18-12-15-29-21-33-34(23-36(29)58-4)46-38(24-37(33)60-31)50-19-10-7-11-20-50/h5,21,23-24,28,30-32,35,39H,1,6-20,22,25-27H2,2-4H3,(H,47,55)(H,48,52)(H,49,54)/t30-,31+,35-,39-,45-/m0/s1. The highest BCUT2D eigenvalue weighted by molar-refractivity contribution is 7.91. The van der Waals surface area contributed by atoms with Crippen molar-refractivity contribution in [2.75, 3.05) is 38.3 Å². The number of benzene rings is 1. The first-order valence-corrected chi connectivity index (χ1v) is 23.9. The summed E-state index contributed by atoms with van der Waals surface area (Å²) in [5.41, 5.74) is -0.223. The molecule has 4 amide bonds. The van der Waals surface area contributed by atoms with Gasteiger partial charge < -0.3 is 34.6 Å². The summed E-state index contributed by atoms with van der Waals surface area (Å²) in [6.45, 7) is 9.83. The number of aryl methyl sites for hydroxylation is 1. The van der Waals surface area contributed by atoms with Crippen LogP contribution in [0.4, 0.5) is 10.6 Å². The van der Waals surface area contributed by atoms with Gasteiger partial charge in [-0.2, -0.15) is 0 Å². The Hall–Kier alpha value is -4.60. The van der Waals surface area contributed by atoms with E-state index in [1.165, 1.54) is 11.0 Å². The van der Waals surface area contributed by atoms with Crippen molar-refractivity contribution in [1.82, 2.24) is 25.2 Å². The molecule has 16 heteroatoms. The number of cyclic esters (lactones) is 1. The summed E-state index contributed by atoms with van der Waals surface area (Å²) >= 11 is 0. The van der Waals surface area contributed by atoms with Crippen LogP contribution in [0.5, 0.6) is 11.5 Å². The number of alkyl carbamates (subject to hydrolysis) is 1. The minimum absolute atomic E-state index is 0.0237. The highest BCUT2D eigenvalue weighted by atomic mass is 32.2. The largest absolute Gasteiger partial charge is 0.496 e. The first-order valence-electron chi connectivity index (χ1n) is 22.4. The van der Waals surface area contributed by atoms with E-state index in [-0.39, 0.29) is 37.3 Å². The van der Waals surface area contributed by atoms with Crippen molar-refractivity contribution in [3.8, 4) is 11.5 Å². The smallest absolute Gasteiger partial charge is 0.407 e. The van der Waals surface area contributed by atoms with Crippen LogP contribution in [0, 0.1) is 17.3 Å². The summed E-state index contributed by atoms with van der Waals surface area (Å²) in [6, 6.07) is 3.92. The molecule has 15 nitrogen and oxygen atoms in total. The number of amides is 4. The molecule has 61 heavy (non-hydrogen) atoms. The Morgan fingerprint density at radius 3 is 2.44 bits per heavy atom. The van der Waals surface area contributed by atoms with Gasteiger partial charge in [-0.1, -0.05) is 39.2 Å². The predicted octanol–water partition coefficient (Wildman–Crippen LogP) is 5.29. The summed E-state index contributed by atoms with van der Waals surface area (Å²) in [5.74, 6) is -0.472. The lowest BCUT2D eigenvalue weighted by atomic mass is 9.83. The number of aromatic nitrogens is 1. The average Bonchev–Trinajstić information content (AvgIpc) is 4.18. The molecule has 1 aromatic carbocycles. The molecule has 0 radical (unpaired) electrons. The molecular formula is C45H62N6O9S. The average molecular weight is 863 g/mol. The lowest BCUT2D eigenvalue weighted by Gasteiger charge is -2.35. The van der Waals surface area contributed by atoms with Crippen LogP contribution < -0.4 is 29.7 Å². The van der Waals surface area contributed by atoms with Crippen molar-refractivity contribution >= 4 is 50.6 Å². The van der Waals surface area contributed by atoms with Crippen LogP contribution in [0.2, 0.25) is 0 Å². The van der Waals surface area contributed by atoms with Gasteiger partial charge in [0.25, 0.3) is 5.91 Å². The fourth-order valence-electron chi connectivity index (χ4n) is 9.88. The number of sulfonamides is 1. The Balaban J connectivity index is 1.18. The van der Waals surface area contributed by atoms with Crippen LogP contribution in [0.3, 0.4) is 0 Å². The molecule has 2 saturated heterocycles. The Bertz CT molecular complexity index is 2150. The second-order valence-electron chi connectivity index (χ2n) is 19.0. The maximum atomic E-state index is 15.1. The van der Waals surface area contributed by atoms with E-state index in [0.717, 1.165) is 94.1 Å². The lowest BCUT2D eigenvalue weighted by molar-refractivity contribution is -0.142. The van der Waals surface area contributed by atoms with E-state index in [0.29, 0.717) is 36.3 Å². The number of nitrogens with zero attached hydrogens (tertiary/aromatic N) is 3. The molecule has 5 atom stereocenters. The molecule has 0 unspecified atom stereocenters. The summed E-state index contributed by atoms with van der Waals surface area (Å²) < 4.78 is 46.7. The van der Waals surface area contributed by atoms with Gasteiger partial charge in [-0.3, -0.25) is 19.1 Å². The van der Waals surface area contributed by atoms with Gasteiger partial charge in [-0.25, -0.2) is 18.2 Å². The Kier molecular flexibility index (Phi) is 12.2. The number of rotatable bonds is 9. The third kappa shape index (κ3) is 9.29. The highest BCUT2D eigenvalue weighted by Gasteiger charge is 2.62. The van der Waals surface area contributed by atoms with Crippen LogP contribution >= 0.6 is 0 Å². The molecule has 332 valence electrons. The number of piperidine rings is 1. The van der Waals surface area contributed by atoms with Crippen molar-refractivity contribution < 1.29 is 41.8 Å². The number of hydrogen-bond donors (Lipinski definition) is 3. The van der Waals surface area contributed by atoms with Crippen molar-refractivity contribution in [1.29, 1.82) is 0 Å². The molecule has 1 aromatic heterocycles. The van der Waals surface area contributed by atoms with E-state index in [9.17, 15) is 22.8 Å². The van der Waals surface area contributed by atoms with Gasteiger partial charge in [-0.05, 0) is 93.6 Å². The van der Waals surface area contributed by atoms with Crippen molar-refractivity contribution in [2.45, 2.75) is 139 Å². The zero-order valence-corrected chi connectivity index (χ0v) is 36.7. The van der Waals surface area contributed by atoms with E-state index in [1.807, 2.05) is 12.1 Å². The zero-order chi connectivity index (χ0) is 43.1. The minimum atomic E-state index is -3.91. The number of carbonyl (C=O) groups is 4. The summed E-state index contributed by atoms with van der Waals surface area (Å²) in [4.78, 5) is 66.0. The van der Waals surface area contributed by atoms with Gasteiger partial charge >= 0.3 is 6.09 Å². The molecule has 3 aliphatic heterocycles. The lowest BCUT2D eigenvalue weighted by Crippen LogP contribution is -2.59. The van der Waals surface area contributed by atoms with Crippen LogP contribution in [0.1, 0.15) is 109 Å². The zero-order valence-electron chi connectivity index (χ0n) is 35.8. The molecular weight excluding hydrogens is 801 g/mol.